The molecule has 19 heavy (non-hydrogen) atoms. The first-order chi connectivity index (χ1) is 8.81. The average molecular weight is 266 g/mol. The van der Waals surface area contributed by atoms with Crippen LogP contribution < -0.4 is 10.5 Å². The Bertz CT molecular complexity index is 410. The van der Waals surface area contributed by atoms with Gasteiger partial charge in [0.1, 0.15) is 5.75 Å². The first kappa shape index (κ1) is 15.3. The molecule has 0 unspecified atom stereocenters. The Hall–Kier alpha value is -1.75. The van der Waals surface area contributed by atoms with Gasteiger partial charge in [-0.05, 0) is 45.0 Å². The van der Waals surface area contributed by atoms with Gasteiger partial charge in [0.2, 0.25) is 0 Å². The lowest BCUT2D eigenvalue weighted by atomic mass is 10.1. The monoisotopic (exact) mass is 266 g/mol. The molecule has 0 fully saturated rings. The third-order valence-electron chi connectivity index (χ3n) is 2.55. The smallest absolute Gasteiger partial charge is 0.260 e. The number of aliphatic hydroxyl groups is 1. The third-order valence-corrected chi connectivity index (χ3v) is 2.55. The second-order valence-electron chi connectivity index (χ2n) is 5.08. The van der Waals surface area contributed by atoms with E-state index in [1.54, 1.807) is 43.0 Å². The van der Waals surface area contributed by atoms with E-state index < -0.39 is 5.60 Å². The standard InChI is InChI=1S/C14H22N2O3/c1-4-16(10-14(2,3)18)13(17)9-19-12-7-5-11(15)6-8-12/h5-8,18H,4,9-10,15H2,1-3H3. The maximum atomic E-state index is 12.0. The van der Waals surface area contributed by atoms with Crippen LogP contribution in [-0.2, 0) is 4.79 Å². The van der Waals surface area contributed by atoms with Crippen LogP contribution in [0.3, 0.4) is 0 Å². The summed E-state index contributed by atoms with van der Waals surface area (Å²) in [4.78, 5) is 13.5. The number of hydrogen-bond acceptors (Lipinski definition) is 4. The summed E-state index contributed by atoms with van der Waals surface area (Å²) in [5, 5.41) is 9.74. The molecule has 0 aromatic heterocycles. The highest BCUT2D eigenvalue weighted by atomic mass is 16.5. The minimum absolute atomic E-state index is 0.0478. The van der Waals surface area contributed by atoms with E-state index in [0.29, 0.717) is 18.0 Å². The molecule has 0 saturated carbocycles. The van der Waals surface area contributed by atoms with Gasteiger partial charge in [-0.2, -0.15) is 0 Å². The molecule has 0 heterocycles. The number of nitrogen functional groups attached to an aromatic ring is 1. The van der Waals surface area contributed by atoms with Crippen LogP contribution in [0.25, 0.3) is 0 Å². The molecular formula is C14H22N2O3. The molecule has 0 atom stereocenters. The molecule has 0 aliphatic heterocycles. The van der Waals surface area contributed by atoms with Gasteiger partial charge in [0.05, 0.1) is 5.60 Å². The molecule has 0 bridgehead atoms. The van der Waals surface area contributed by atoms with Gasteiger partial charge in [0, 0.05) is 18.8 Å². The van der Waals surface area contributed by atoms with E-state index in [1.165, 1.54) is 0 Å². The highest BCUT2D eigenvalue weighted by Gasteiger charge is 2.21. The van der Waals surface area contributed by atoms with E-state index >= 15 is 0 Å². The van der Waals surface area contributed by atoms with Crippen LogP contribution in [0.4, 0.5) is 5.69 Å². The zero-order valence-electron chi connectivity index (χ0n) is 11.7. The number of nitrogens with zero attached hydrogens (tertiary/aromatic N) is 1. The molecule has 3 N–H and O–H groups in total. The summed E-state index contributed by atoms with van der Waals surface area (Å²) in [7, 11) is 0. The first-order valence-electron chi connectivity index (χ1n) is 6.30. The summed E-state index contributed by atoms with van der Waals surface area (Å²) < 4.78 is 5.39. The predicted octanol–water partition coefficient (Wildman–Crippen LogP) is 1.27. The van der Waals surface area contributed by atoms with Crippen molar-refractivity contribution in [2.24, 2.45) is 0 Å². The highest BCUT2D eigenvalue weighted by molar-refractivity contribution is 5.77. The van der Waals surface area contributed by atoms with Crippen molar-refractivity contribution in [3.8, 4) is 5.75 Å². The quantitative estimate of drug-likeness (QED) is 0.760. The summed E-state index contributed by atoms with van der Waals surface area (Å²) in [6, 6.07) is 6.87. The molecule has 1 aromatic carbocycles. The normalized spacial score (nSPS) is 11.2. The van der Waals surface area contributed by atoms with Crippen LogP contribution in [0.2, 0.25) is 0 Å². The summed E-state index contributed by atoms with van der Waals surface area (Å²) in [6.45, 7) is 5.98. The number of anilines is 1. The number of rotatable bonds is 6. The van der Waals surface area contributed by atoms with Gasteiger partial charge in [-0.25, -0.2) is 0 Å². The Morgan fingerprint density at radius 2 is 1.95 bits per heavy atom. The molecule has 5 heteroatoms. The van der Waals surface area contributed by atoms with Crippen LogP contribution >= 0.6 is 0 Å². The minimum Gasteiger partial charge on any atom is -0.484 e. The van der Waals surface area contributed by atoms with Gasteiger partial charge in [-0.1, -0.05) is 0 Å². The van der Waals surface area contributed by atoms with Crippen molar-refractivity contribution in [2.75, 3.05) is 25.4 Å². The number of amides is 1. The number of nitrogens with two attached hydrogens (primary N) is 1. The Morgan fingerprint density at radius 3 is 2.42 bits per heavy atom. The maximum absolute atomic E-state index is 12.0. The lowest BCUT2D eigenvalue weighted by Gasteiger charge is -2.28. The Balaban J connectivity index is 2.51. The number of likely N-dealkylation sites (N-methyl/N-ethyl adjacent to an activating group) is 1. The molecule has 5 nitrogen and oxygen atoms in total. The van der Waals surface area contributed by atoms with Crippen molar-refractivity contribution in [1.82, 2.24) is 4.90 Å². The lowest BCUT2D eigenvalue weighted by molar-refractivity contribution is -0.136. The third kappa shape index (κ3) is 5.61. The summed E-state index contributed by atoms with van der Waals surface area (Å²) in [5.41, 5.74) is 5.30. The van der Waals surface area contributed by atoms with Crippen molar-refractivity contribution >= 4 is 11.6 Å². The SMILES string of the molecule is CCN(CC(C)(C)O)C(=O)COc1ccc(N)cc1. The van der Waals surface area contributed by atoms with Gasteiger partial charge in [-0.15, -0.1) is 0 Å². The molecule has 0 aliphatic carbocycles. The van der Waals surface area contributed by atoms with Crippen LogP contribution in [-0.4, -0.2) is 41.2 Å². The number of carbonyl (C=O) groups is 1. The highest BCUT2D eigenvalue weighted by Crippen LogP contribution is 2.13. The van der Waals surface area contributed by atoms with E-state index in [1.807, 2.05) is 6.92 Å². The van der Waals surface area contributed by atoms with Gasteiger partial charge in [0.25, 0.3) is 5.91 Å². The topological polar surface area (TPSA) is 75.8 Å². The largest absolute Gasteiger partial charge is 0.484 e. The maximum Gasteiger partial charge on any atom is 0.260 e. The van der Waals surface area contributed by atoms with E-state index in [2.05, 4.69) is 0 Å². The molecular weight excluding hydrogens is 244 g/mol. The fraction of sp³-hybridized carbons (Fsp3) is 0.500. The molecule has 0 spiro atoms. The predicted molar refractivity (Wildman–Crippen MR) is 74.9 cm³/mol. The Labute approximate surface area is 114 Å². The van der Waals surface area contributed by atoms with Gasteiger partial charge < -0.3 is 20.5 Å². The Morgan fingerprint density at radius 1 is 1.37 bits per heavy atom. The fourth-order valence-electron chi connectivity index (χ4n) is 1.64. The zero-order chi connectivity index (χ0) is 14.5. The number of ether oxygens (including phenoxy) is 1. The second kappa shape index (κ2) is 6.43. The molecule has 1 amide bonds. The molecule has 0 radical (unpaired) electrons. The van der Waals surface area contributed by atoms with Crippen LogP contribution in [0.15, 0.2) is 24.3 Å². The van der Waals surface area contributed by atoms with Crippen LogP contribution in [0.1, 0.15) is 20.8 Å². The first-order valence-corrected chi connectivity index (χ1v) is 6.30. The minimum atomic E-state index is -0.910. The molecule has 0 aliphatic rings. The fourth-order valence-corrected chi connectivity index (χ4v) is 1.64. The lowest BCUT2D eigenvalue weighted by Crippen LogP contribution is -2.44. The zero-order valence-corrected chi connectivity index (χ0v) is 11.7. The van der Waals surface area contributed by atoms with E-state index in [0.717, 1.165) is 0 Å². The molecule has 0 saturated heterocycles. The second-order valence-corrected chi connectivity index (χ2v) is 5.08. The number of carbonyl (C=O) groups excluding carboxylic acids is 1. The summed E-state index contributed by atoms with van der Waals surface area (Å²) >= 11 is 0. The van der Waals surface area contributed by atoms with Crippen molar-refractivity contribution in [2.45, 2.75) is 26.4 Å². The van der Waals surface area contributed by atoms with Crippen molar-refractivity contribution in [1.29, 1.82) is 0 Å². The van der Waals surface area contributed by atoms with Crippen molar-refractivity contribution < 1.29 is 14.6 Å². The van der Waals surface area contributed by atoms with Crippen molar-refractivity contribution in [3.63, 3.8) is 0 Å². The molecule has 106 valence electrons. The number of benzene rings is 1. The van der Waals surface area contributed by atoms with E-state index in [-0.39, 0.29) is 19.1 Å². The Kier molecular flexibility index (Phi) is 5.18. The summed E-state index contributed by atoms with van der Waals surface area (Å²) in [5.74, 6) is 0.448. The number of hydrogen-bond donors (Lipinski definition) is 2. The molecule has 1 aromatic rings. The van der Waals surface area contributed by atoms with Gasteiger partial charge in [0.15, 0.2) is 6.61 Å². The van der Waals surface area contributed by atoms with Crippen LogP contribution in [0, 0.1) is 0 Å². The average Bonchev–Trinajstić information content (AvgIpc) is 2.34. The van der Waals surface area contributed by atoms with Crippen molar-refractivity contribution in [3.05, 3.63) is 24.3 Å². The van der Waals surface area contributed by atoms with Gasteiger partial charge in [-0.3, -0.25) is 4.79 Å². The van der Waals surface area contributed by atoms with Crippen LogP contribution in [0.5, 0.6) is 5.75 Å². The van der Waals surface area contributed by atoms with E-state index in [9.17, 15) is 9.90 Å². The molecule has 1 rings (SSSR count). The summed E-state index contributed by atoms with van der Waals surface area (Å²) in [6.07, 6.45) is 0. The van der Waals surface area contributed by atoms with E-state index in [4.69, 9.17) is 10.5 Å². The van der Waals surface area contributed by atoms with Gasteiger partial charge >= 0.3 is 0 Å².